The van der Waals surface area contributed by atoms with Crippen LogP contribution in [0.25, 0.3) is 0 Å². The number of hydrogen-bond donors (Lipinski definition) is 0. The zero-order valence-electron chi connectivity index (χ0n) is 14.0. The lowest BCUT2D eigenvalue weighted by molar-refractivity contribution is 0.0466. The van der Waals surface area contributed by atoms with Crippen molar-refractivity contribution in [1.82, 2.24) is 4.90 Å². The highest BCUT2D eigenvalue weighted by Crippen LogP contribution is 2.15. The molecule has 5 heteroatoms. The monoisotopic (exact) mass is 329 g/mol. The van der Waals surface area contributed by atoms with Gasteiger partial charge in [0.05, 0.1) is 11.7 Å². The Bertz CT molecular complexity index is 418. The molecule has 0 bridgehead atoms. The Hall–Kier alpha value is -1.26. The number of nitrogens with zero attached hydrogens (tertiary/aromatic N) is 1. The molecule has 0 aliphatic carbocycles. The van der Waals surface area contributed by atoms with Gasteiger partial charge in [0, 0.05) is 6.54 Å². The fourth-order valence-corrected chi connectivity index (χ4v) is 1.88. The van der Waals surface area contributed by atoms with Crippen LogP contribution >= 0.6 is 12.4 Å². The van der Waals surface area contributed by atoms with E-state index in [1.807, 2.05) is 19.1 Å². The van der Waals surface area contributed by atoms with E-state index in [0.29, 0.717) is 12.2 Å². The van der Waals surface area contributed by atoms with Gasteiger partial charge in [-0.3, -0.25) is 0 Å². The molecular weight excluding hydrogens is 302 g/mol. The van der Waals surface area contributed by atoms with E-state index in [1.54, 1.807) is 12.1 Å². The van der Waals surface area contributed by atoms with E-state index in [2.05, 4.69) is 25.7 Å². The molecule has 0 amide bonds. The maximum absolute atomic E-state index is 11.9. The summed E-state index contributed by atoms with van der Waals surface area (Å²) in [7, 11) is 0. The first kappa shape index (κ1) is 20.7. The minimum atomic E-state index is -0.280. The largest absolute Gasteiger partial charge is 0.491 e. The molecule has 0 aliphatic heterocycles. The van der Waals surface area contributed by atoms with Gasteiger partial charge in [0.15, 0.2) is 0 Å². The summed E-state index contributed by atoms with van der Waals surface area (Å²) >= 11 is 0. The molecule has 22 heavy (non-hydrogen) atoms. The highest BCUT2D eigenvalue weighted by Gasteiger charge is 2.09. The quantitative estimate of drug-likeness (QED) is 0.646. The number of carbonyl (C=O) groups is 1. The van der Waals surface area contributed by atoms with Crippen LogP contribution in [-0.2, 0) is 4.74 Å². The molecule has 1 aromatic rings. The van der Waals surface area contributed by atoms with Crippen molar-refractivity contribution in [2.75, 3.05) is 26.2 Å². The highest BCUT2D eigenvalue weighted by molar-refractivity contribution is 5.89. The van der Waals surface area contributed by atoms with E-state index in [-0.39, 0.29) is 24.5 Å². The summed E-state index contributed by atoms with van der Waals surface area (Å²) in [6.45, 7) is 11.4. The molecule has 0 heterocycles. The van der Waals surface area contributed by atoms with Crippen molar-refractivity contribution in [2.24, 2.45) is 0 Å². The van der Waals surface area contributed by atoms with E-state index in [1.165, 1.54) is 0 Å². The average molecular weight is 330 g/mol. The standard InChI is InChI=1S/C17H27NO3.ClH/c1-5-14(4)21-16-10-8-15(9-11-16)17(19)20-13-12-18(6-2)7-3;/h8-11,14H,5-7,12-13H2,1-4H3;1H. The minimum absolute atomic E-state index is 0. The van der Waals surface area contributed by atoms with Gasteiger partial charge in [-0.2, -0.15) is 0 Å². The molecular formula is C17H28ClNO3. The van der Waals surface area contributed by atoms with Gasteiger partial charge in [0.25, 0.3) is 0 Å². The maximum Gasteiger partial charge on any atom is 0.338 e. The van der Waals surface area contributed by atoms with Gasteiger partial charge >= 0.3 is 5.97 Å². The molecule has 1 aromatic carbocycles. The predicted octanol–water partition coefficient (Wildman–Crippen LogP) is 3.78. The number of halogens is 1. The molecule has 126 valence electrons. The lowest BCUT2D eigenvalue weighted by atomic mass is 10.2. The van der Waals surface area contributed by atoms with Gasteiger partial charge in [-0.1, -0.05) is 20.8 Å². The smallest absolute Gasteiger partial charge is 0.338 e. The Balaban J connectivity index is 0.00000441. The van der Waals surface area contributed by atoms with Crippen molar-refractivity contribution in [2.45, 2.75) is 40.2 Å². The summed E-state index contributed by atoms with van der Waals surface area (Å²) in [6.07, 6.45) is 1.13. The second kappa shape index (κ2) is 11.3. The van der Waals surface area contributed by atoms with Crippen molar-refractivity contribution in [1.29, 1.82) is 0 Å². The van der Waals surface area contributed by atoms with Crippen molar-refractivity contribution in [3.63, 3.8) is 0 Å². The van der Waals surface area contributed by atoms with Crippen LogP contribution in [0.2, 0.25) is 0 Å². The Labute approximate surface area is 140 Å². The Morgan fingerprint density at radius 1 is 1.14 bits per heavy atom. The van der Waals surface area contributed by atoms with Crippen molar-refractivity contribution in [3.05, 3.63) is 29.8 Å². The average Bonchev–Trinajstić information content (AvgIpc) is 2.52. The molecule has 0 radical (unpaired) electrons. The Morgan fingerprint density at radius 2 is 1.73 bits per heavy atom. The van der Waals surface area contributed by atoms with Crippen LogP contribution in [0.15, 0.2) is 24.3 Å². The third kappa shape index (κ3) is 7.14. The summed E-state index contributed by atoms with van der Waals surface area (Å²) in [5, 5.41) is 0. The van der Waals surface area contributed by atoms with Gasteiger partial charge < -0.3 is 14.4 Å². The Kier molecular flexibility index (Phi) is 10.7. The first-order valence-electron chi connectivity index (χ1n) is 7.76. The van der Waals surface area contributed by atoms with Gasteiger partial charge in [0.1, 0.15) is 12.4 Å². The van der Waals surface area contributed by atoms with Crippen LogP contribution in [0.4, 0.5) is 0 Å². The molecule has 0 fully saturated rings. The van der Waals surface area contributed by atoms with Crippen LogP contribution in [0.1, 0.15) is 44.5 Å². The van der Waals surface area contributed by atoms with E-state index in [4.69, 9.17) is 9.47 Å². The first-order valence-corrected chi connectivity index (χ1v) is 7.76. The lowest BCUT2D eigenvalue weighted by Gasteiger charge is -2.17. The van der Waals surface area contributed by atoms with Gasteiger partial charge in [-0.05, 0) is 50.7 Å². The van der Waals surface area contributed by atoms with Gasteiger partial charge in [-0.25, -0.2) is 4.79 Å². The van der Waals surface area contributed by atoms with Crippen molar-refractivity contribution >= 4 is 18.4 Å². The van der Waals surface area contributed by atoms with E-state index < -0.39 is 0 Å². The minimum Gasteiger partial charge on any atom is -0.491 e. The van der Waals surface area contributed by atoms with E-state index >= 15 is 0 Å². The van der Waals surface area contributed by atoms with Gasteiger partial charge in [0.2, 0.25) is 0 Å². The SMILES string of the molecule is CCC(C)Oc1ccc(C(=O)OCCN(CC)CC)cc1.Cl. The lowest BCUT2D eigenvalue weighted by Crippen LogP contribution is -2.27. The number of hydrogen-bond acceptors (Lipinski definition) is 4. The van der Waals surface area contributed by atoms with Crippen LogP contribution in [0.5, 0.6) is 5.75 Å². The van der Waals surface area contributed by atoms with Crippen LogP contribution in [0, 0.1) is 0 Å². The predicted molar refractivity (Wildman–Crippen MR) is 92.1 cm³/mol. The van der Waals surface area contributed by atoms with Crippen LogP contribution in [0.3, 0.4) is 0 Å². The zero-order valence-corrected chi connectivity index (χ0v) is 14.8. The topological polar surface area (TPSA) is 38.8 Å². The number of ether oxygens (including phenoxy) is 2. The molecule has 0 saturated heterocycles. The fraction of sp³-hybridized carbons (Fsp3) is 0.588. The van der Waals surface area contributed by atoms with E-state index in [0.717, 1.165) is 31.8 Å². The number of carbonyl (C=O) groups excluding carboxylic acids is 1. The third-order valence-corrected chi connectivity index (χ3v) is 3.54. The molecule has 0 spiro atoms. The van der Waals surface area contributed by atoms with Crippen LogP contribution in [-0.4, -0.2) is 43.2 Å². The highest BCUT2D eigenvalue weighted by atomic mass is 35.5. The summed E-state index contributed by atoms with van der Waals surface area (Å²) in [5.41, 5.74) is 0.561. The fourth-order valence-electron chi connectivity index (χ4n) is 1.88. The summed E-state index contributed by atoms with van der Waals surface area (Å²) in [5.74, 6) is 0.501. The van der Waals surface area contributed by atoms with Crippen molar-refractivity contribution in [3.8, 4) is 5.75 Å². The molecule has 1 atom stereocenters. The first-order chi connectivity index (χ1) is 10.1. The molecule has 0 N–H and O–H groups in total. The molecule has 4 nitrogen and oxygen atoms in total. The zero-order chi connectivity index (χ0) is 15.7. The second-order valence-electron chi connectivity index (χ2n) is 5.02. The van der Waals surface area contributed by atoms with Gasteiger partial charge in [-0.15, -0.1) is 12.4 Å². The summed E-state index contributed by atoms with van der Waals surface area (Å²) in [4.78, 5) is 14.1. The normalized spacial score (nSPS) is 11.7. The van der Waals surface area contributed by atoms with Crippen LogP contribution < -0.4 is 4.74 Å². The number of benzene rings is 1. The number of rotatable bonds is 9. The van der Waals surface area contributed by atoms with Crippen molar-refractivity contribution < 1.29 is 14.3 Å². The molecule has 0 aliphatic rings. The maximum atomic E-state index is 11.9. The molecule has 1 unspecified atom stereocenters. The molecule has 0 saturated carbocycles. The molecule has 0 aromatic heterocycles. The third-order valence-electron chi connectivity index (χ3n) is 3.54. The number of likely N-dealkylation sites (N-methyl/N-ethyl adjacent to an activating group) is 1. The Morgan fingerprint density at radius 3 is 2.23 bits per heavy atom. The number of esters is 1. The van der Waals surface area contributed by atoms with E-state index in [9.17, 15) is 4.79 Å². The summed E-state index contributed by atoms with van der Waals surface area (Å²) in [6, 6.07) is 7.12. The second-order valence-corrected chi connectivity index (χ2v) is 5.02. The molecule has 1 rings (SSSR count). The summed E-state index contributed by atoms with van der Waals surface area (Å²) < 4.78 is 11.0.